The van der Waals surface area contributed by atoms with E-state index in [0.29, 0.717) is 6.61 Å². The Morgan fingerprint density at radius 3 is 2.50 bits per heavy atom. The Kier molecular flexibility index (Phi) is 7.50. The van der Waals surface area contributed by atoms with Gasteiger partial charge >= 0.3 is 6.09 Å². The van der Waals surface area contributed by atoms with Crippen LogP contribution in [0.15, 0.2) is 36.4 Å². The number of amides is 1. The first-order valence-electron chi connectivity index (χ1n) is 11.6. The largest absolute Gasteiger partial charge is 0.489 e. The molecule has 0 saturated carbocycles. The maximum Gasteiger partial charge on any atom is 0.412 e. The Morgan fingerprint density at radius 1 is 1.19 bits per heavy atom. The van der Waals surface area contributed by atoms with Crippen LogP contribution in [0.5, 0.6) is 5.75 Å². The summed E-state index contributed by atoms with van der Waals surface area (Å²) in [5, 5.41) is 13.0. The Hall–Kier alpha value is -2.53. The van der Waals surface area contributed by atoms with Crippen LogP contribution in [0.2, 0.25) is 0 Å². The number of aliphatic hydroxyl groups is 1. The monoisotopic (exact) mass is 439 g/mol. The van der Waals surface area contributed by atoms with E-state index in [1.54, 1.807) is 0 Å². The lowest BCUT2D eigenvalue weighted by atomic mass is 9.71. The highest BCUT2D eigenvalue weighted by Gasteiger charge is 2.35. The lowest BCUT2D eigenvalue weighted by molar-refractivity contribution is 0.0635. The van der Waals surface area contributed by atoms with Crippen molar-refractivity contribution in [3.05, 3.63) is 58.7 Å². The van der Waals surface area contributed by atoms with Crippen molar-refractivity contribution in [1.82, 2.24) is 0 Å². The number of carbonyl (C=O) groups excluding carboxylic acids is 1. The third kappa shape index (κ3) is 5.63. The van der Waals surface area contributed by atoms with Crippen molar-refractivity contribution in [2.24, 2.45) is 5.92 Å². The molecule has 5 heteroatoms. The van der Waals surface area contributed by atoms with Gasteiger partial charge in [0.2, 0.25) is 0 Å². The number of rotatable bonds is 6. The van der Waals surface area contributed by atoms with E-state index in [1.165, 1.54) is 0 Å². The van der Waals surface area contributed by atoms with Gasteiger partial charge < -0.3 is 14.6 Å². The second kappa shape index (κ2) is 9.95. The van der Waals surface area contributed by atoms with Gasteiger partial charge in [0.05, 0.1) is 5.69 Å². The summed E-state index contributed by atoms with van der Waals surface area (Å²) in [6.45, 7) is 12.4. The fourth-order valence-electron chi connectivity index (χ4n) is 4.56. The average molecular weight is 440 g/mol. The first kappa shape index (κ1) is 24.1. The molecule has 0 bridgehead atoms. The number of hydrogen-bond acceptors (Lipinski definition) is 4. The van der Waals surface area contributed by atoms with Crippen LogP contribution in [0.3, 0.4) is 0 Å². The van der Waals surface area contributed by atoms with Crippen LogP contribution in [0.25, 0.3) is 0 Å². The lowest BCUT2D eigenvalue weighted by Gasteiger charge is -2.36. The summed E-state index contributed by atoms with van der Waals surface area (Å²) in [5.74, 6) is 1.36. The molecular formula is C27H37NO4. The number of ether oxygens (including phenoxy) is 2. The lowest BCUT2D eigenvalue weighted by Crippen LogP contribution is -2.29. The highest BCUT2D eigenvalue weighted by Crippen LogP contribution is 2.50. The topological polar surface area (TPSA) is 67.8 Å². The molecular weight excluding hydrogens is 402 g/mol. The molecule has 2 N–H and O–H groups in total. The summed E-state index contributed by atoms with van der Waals surface area (Å²) in [5.41, 5.74) is 4.47. The minimum atomic E-state index is -0.581. The van der Waals surface area contributed by atoms with Gasteiger partial charge in [-0.3, -0.25) is 5.32 Å². The van der Waals surface area contributed by atoms with Gasteiger partial charge in [0.1, 0.15) is 18.0 Å². The van der Waals surface area contributed by atoms with Crippen LogP contribution in [0.4, 0.5) is 10.5 Å². The van der Waals surface area contributed by atoms with Gasteiger partial charge in [-0.1, -0.05) is 44.2 Å². The van der Waals surface area contributed by atoms with E-state index in [1.807, 2.05) is 52.0 Å². The molecule has 0 aliphatic heterocycles. The van der Waals surface area contributed by atoms with Crippen molar-refractivity contribution in [3.8, 4) is 5.75 Å². The van der Waals surface area contributed by atoms with Crippen LogP contribution in [0, 0.1) is 12.8 Å². The Labute approximate surface area is 192 Å². The fraction of sp³-hybridized carbons (Fsp3) is 0.519. The minimum Gasteiger partial charge on any atom is -0.489 e. The number of hydrogen-bond donors (Lipinski definition) is 2. The number of aryl methyl sites for hydroxylation is 1. The predicted octanol–water partition coefficient (Wildman–Crippen LogP) is 6.53. The van der Waals surface area contributed by atoms with E-state index in [2.05, 4.69) is 31.3 Å². The zero-order chi connectivity index (χ0) is 23.5. The number of carbonyl (C=O) groups is 1. The van der Waals surface area contributed by atoms with Crippen LogP contribution in [-0.4, -0.2) is 23.4 Å². The normalized spacial score (nSPS) is 19.1. The molecule has 2 aromatic carbocycles. The number of nitrogens with one attached hydrogen (secondary N) is 1. The van der Waals surface area contributed by atoms with Crippen LogP contribution >= 0.6 is 0 Å². The van der Waals surface area contributed by atoms with Crippen LogP contribution in [0.1, 0.15) is 81.5 Å². The molecule has 2 aromatic rings. The molecule has 1 aliphatic carbocycles. The van der Waals surface area contributed by atoms with Gasteiger partial charge in [0.25, 0.3) is 0 Å². The van der Waals surface area contributed by atoms with Crippen molar-refractivity contribution in [3.63, 3.8) is 0 Å². The quantitative estimate of drug-likeness (QED) is 0.537. The van der Waals surface area contributed by atoms with Gasteiger partial charge in [0, 0.05) is 12.2 Å². The van der Waals surface area contributed by atoms with Gasteiger partial charge in [-0.05, 0) is 81.0 Å². The molecule has 0 spiro atoms. The van der Waals surface area contributed by atoms with Crippen molar-refractivity contribution < 1.29 is 19.4 Å². The maximum atomic E-state index is 12.7. The zero-order valence-electron chi connectivity index (χ0n) is 20.2. The standard InChI is InChI=1S/C27H37NO4/c1-17-12-13-21(19(3)15-29)24-23(17)22(31-16-20-10-8-7-9-11-20)14-18(2)25(24)28-26(30)32-27(4,5)6/h7-11,14,17,19,21,29H,12-13,15-16H2,1-6H3,(H,28,30)/t17-,19+,21-/m1/s1. The summed E-state index contributed by atoms with van der Waals surface area (Å²) in [4.78, 5) is 12.7. The molecule has 0 aromatic heterocycles. The van der Waals surface area contributed by atoms with Crippen molar-refractivity contribution in [2.45, 2.75) is 78.4 Å². The molecule has 0 fully saturated rings. The van der Waals surface area contributed by atoms with Gasteiger partial charge in [-0.25, -0.2) is 4.79 Å². The molecule has 3 rings (SSSR count). The molecule has 0 heterocycles. The second-order valence-electron chi connectivity index (χ2n) is 10.0. The highest BCUT2D eigenvalue weighted by molar-refractivity contribution is 5.88. The zero-order valence-corrected chi connectivity index (χ0v) is 20.2. The van der Waals surface area contributed by atoms with Crippen LogP contribution in [-0.2, 0) is 11.3 Å². The first-order chi connectivity index (χ1) is 15.1. The second-order valence-corrected chi connectivity index (χ2v) is 10.0. The van der Waals surface area contributed by atoms with Crippen molar-refractivity contribution >= 4 is 11.8 Å². The van der Waals surface area contributed by atoms with E-state index in [-0.39, 0.29) is 24.4 Å². The van der Waals surface area contributed by atoms with Crippen LogP contribution < -0.4 is 10.1 Å². The molecule has 0 radical (unpaired) electrons. The SMILES string of the molecule is Cc1cc(OCc2ccccc2)c2c(c1NC(=O)OC(C)(C)C)[C@@H]([C@@H](C)CO)CC[C@H]2C. The average Bonchev–Trinajstić information content (AvgIpc) is 2.73. The van der Waals surface area contributed by atoms with E-state index in [9.17, 15) is 9.90 Å². The molecule has 32 heavy (non-hydrogen) atoms. The molecule has 1 aliphatic rings. The van der Waals surface area contributed by atoms with Gasteiger partial charge in [0.15, 0.2) is 0 Å². The Bertz CT molecular complexity index is 933. The summed E-state index contributed by atoms with van der Waals surface area (Å²) >= 11 is 0. The molecule has 1 amide bonds. The minimum absolute atomic E-state index is 0.0733. The molecule has 0 saturated heterocycles. The van der Waals surface area contributed by atoms with Gasteiger partial charge in [-0.2, -0.15) is 0 Å². The fourth-order valence-corrected chi connectivity index (χ4v) is 4.56. The predicted molar refractivity (Wildman–Crippen MR) is 128 cm³/mol. The van der Waals surface area contributed by atoms with Gasteiger partial charge in [-0.15, -0.1) is 0 Å². The summed E-state index contributed by atoms with van der Waals surface area (Å²) in [6.07, 6.45) is 1.51. The molecule has 0 unspecified atom stereocenters. The van der Waals surface area contributed by atoms with Crippen molar-refractivity contribution in [1.29, 1.82) is 0 Å². The highest BCUT2D eigenvalue weighted by atomic mass is 16.6. The maximum absolute atomic E-state index is 12.7. The third-order valence-corrected chi connectivity index (χ3v) is 6.18. The summed E-state index contributed by atoms with van der Waals surface area (Å²) < 4.78 is 11.9. The van der Waals surface area contributed by atoms with Crippen molar-refractivity contribution in [2.75, 3.05) is 11.9 Å². The van der Waals surface area contributed by atoms with E-state index >= 15 is 0 Å². The van der Waals surface area contributed by atoms with E-state index in [4.69, 9.17) is 9.47 Å². The Morgan fingerprint density at radius 2 is 1.88 bits per heavy atom. The molecule has 5 nitrogen and oxygen atoms in total. The third-order valence-electron chi connectivity index (χ3n) is 6.18. The van der Waals surface area contributed by atoms with E-state index in [0.717, 1.165) is 46.5 Å². The summed E-state index contributed by atoms with van der Waals surface area (Å²) in [7, 11) is 0. The number of benzene rings is 2. The molecule has 3 atom stereocenters. The smallest absolute Gasteiger partial charge is 0.412 e. The van der Waals surface area contributed by atoms with E-state index < -0.39 is 11.7 Å². The number of anilines is 1. The number of fused-ring (bicyclic) bond motifs is 1. The molecule has 174 valence electrons. The first-order valence-corrected chi connectivity index (χ1v) is 11.6. The summed E-state index contributed by atoms with van der Waals surface area (Å²) in [6, 6.07) is 12.1. The Balaban J connectivity index is 2.05. The number of aliphatic hydroxyl groups excluding tert-OH is 1.